The van der Waals surface area contributed by atoms with Crippen LogP contribution >= 0.6 is 0 Å². The fourth-order valence-corrected chi connectivity index (χ4v) is 5.55. The Morgan fingerprint density at radius 3 is 2.52 bits per heavy atom. The highest BCUT2D eigenvalue weighted by molar-refractivity contribution is 5.94. The molecule has 2 aromatic carbocycles. The SMILES string of the molecule is CC1Cn2c(c(C(=O)NCc3ccccc3-c3ccncn3)n(-c3ccc(N4CCN(C)CC4)cc3)c2=O)CN1. The summed E-state index contributed by atoms with van der Waals surface area (Å²) in [5.74, 6) is -0.289. The average Bonchev–Trinajstić information content (AvgIpc) is 3.28. The summed E-state index contributed by atoms with van der Waals surface area (Å²) in [6, 6.07) is 17.8. The number of carbonyl (C=O) groups is 1. The third-order valence-electron chi connectivity index (χ3n) is 7.83. The molecule has 1 saturated heterocycles. The zero-order valence-corrected chi connectivity index (χ0v) is 22.9. The molecular formula is C30H34N8O2. The van der Waals surface area contributed by atoms with Gasteiger partial charge in [-0.05, 0) is 49.9 Å². The number of rotatable bonds is 6. The van der Waals surface area contributed by atoms with E-state index in [1.807, 2.05) is 61.5 Å². The molecule has 1 atom stereocenters. The molecule has 0 aliphatic carbocycles. The van der Waals surface area contributed by atoms with Gasteiger partial charge in [-0.3, -0.25) is 13.9 Å². The number of nitrogens with zero attached hydrogens (tertiary/aromatic N) is 6. The smallest absolute Gasteiger partial charge is 0.333 e. The number of imidazole rings is 1. The lowest BCUT2D eigenvalue weighted by molar-refractivity contribution is 0.0942. The van der Waals surface area contributed by atoms with Crippen LogP contribution in [-0.4, -0.2) is 69.2 Å². The van der Waals surface area contributed by atoms with Crippen LogP contribution in [0.3, 0.4) is 0 Å². The minimum Gasteiger partial charge on any atom is -0.369 e. The second-order valence-electron chi connectivity index (χ2n) is 10.5. The van der Waals surface area contributed by atoms with E-state index in [-0.39, 0.29) is 17.6 Å². The van der Waals surface area contributed by atoms with E-state index < -0.39 is 0 Å². The number of benzene rings is 2. The van der Waals surface area contributed by atoms with Crippen LogP contribution in [0.2, 0.25) is 0 Å². The molecule has 2 aromatic heterocycles. The molecule has 0 radical (unpaired) electrons. The van der Waals surface area contributed by atoms with E-state index in [9.17, 15) is 9.59 Å². The van der Waals surface area contributed by atoms with Gasteiger partial charge < -0.3 is 20.4 Å². The summed E-state index contributed by atoms with van der Waals surface area (Å²) in [5, 5.41) is 6.49. The number of nitrogens with one attached hydrogen (secondary N) is 2. The number of aromatic nitrogens is 4. The van der Waals surface area contributed by atoms with Gasteiger partial charge in [-0.15, -0.1) is 0 Å². The van der Waals surface area contributed by atoms with Crippen LogP contribution in [0.25, 0.3) is 16.9 Å². The average molecular weight is 539 g/mol. The zero-order valence-electron chi connectivity index (χ0n) is 22.9. The van der Waals surface area contributed by atoms with Gasteiger partial charge in [-0.1, -0.05) is 24.3 Å². The highest BCUT2D eigenvalue weighted by Gasteiger charge is 2.29. The molecule has 0 saturated carbocycles. The van der Waals surface area contributed by atoms with Gasteiger partial charge >= 0.3 is 5.69 Å². The maximum absolute atomic E-state index is 13.8. The predicted molar refractivity (Wildman–Crippen MR) is 155 cm³/mol. The quantitative estimate of drug-likeness (QED) is 0.389. The predicted octanol–water partition coefficient (Wildman–Crippen LogP) is 2.27. The maximum atomic E-state index is 13.8. The molecule has 1 unspecified atom stereocenters. The van der Waals surface area contributed by atoms with Gasteiger partial charge in [0.25, 0.3) is 5.91 Å². The van der Waals surface area contributed by atoms with Gasteiger partial charge in [0.1, 0.15) is 12.0 Å². The van der Waals surface area contributed by atoms with Gasteiger partial charge in [-0.25, -0.2) is 14.8 Å². The van der Waals surface area contributed by atoms with Gasteiger partial charge in [-0.2, -0.15) is 0 Å². The number of hydrogen-bond donors (Lipinski definition) is 2. The fourth-order valence-electron chi connectivity index (χ4n) is 5.55. The summed E-state index contributed by atoms with van der Waals surface area (Å²) in [6.07, 6.45) is 3.21. The summed E-state index contributed by atoms with van der Waals surface area (Å²) >= 11 is 0. The van der Waals surface area contributed by atoms with Crippen molar-refractivity contribution >= 4 is 11.6 Å². The Kier molecular flexibility index (Phi) is 7.19. The summed E-state index contributed by atoms with van der Waals surface area (Å²) in [5.41, 5.74) is 5.33. The Bertz CT molecular complexity index is 1550. The molecule has 40 heavy (non-hydrogen) atoms. The van der Waals surface area contributed by atoms with Gasteiger partial charge in [0.2, 0.25) is 0 Å². The molecule has 10 heteroatoms. The minimum absolute atomic E-state index is 0.135. The zero-order chi connectivity index (χ0) is 27.6. The Morgan fingerprint density at radius 1 is 1.02 bits per heavy atom. The van der Waals surface area contributed by atoms with Crippen molar-refractivity contribution in [2.75, 3.05) is 38.1 Å². The van der Waals surface area contributed by atoms with Gasteiger partial charge in [0.05, 0.1) is 17.1 Å². The standard InChI is InChI=1S/C30H34N8O2/c1-21-19-37-27(18-32-21)28(29(39)33-17-22-5-3-4-6-25(22)26-11-12-31-20-34-26)38(30(37)40)24-9-7-23(8-10-24)36-15-13-35(2)14-16-36/h3-12,20-21,32H,13-19H2,1-2H3,(H,33,39). The summed E-state index contributed by atoms with van der Waals surface area (Å²) in [7, 11) is 2.14. The fraction of sp³-hybridized carbons (Fsp3) is 0.333. The Morgan fingerprint density at radius 2 is 1.77 bits per heavy atom. The lowest BCUT2D eigenvalue weighted by atomic mass is 10.0. The Balaban J connectivity index is 1.31. The second kappa shape index (κ2) is 11.1. The first-order chi connectivity index (χ1) is 19.5. The van der Waals surface area contributed by atoms with Crippen LogP contribution in [-0.2, 0) is 19.6 Å². The van der Waals surface area contributed by atoms with Crippen molar-refractivity contribution in [3.8, 4) is 16.9 Å². The van der Waals surface area contributed by atoms with Crippen LogP contribution < -0.4 is 21.2 Å². The van der Waals surface area contributed by atoms with Crippen molar-refractivity contribution in [1.29, 1.82) is 0 Å². The molecule has 206 valence electrons. The van der Waals surface area contributed by atoms with E-state index in [0.29, 0.717) is 36.7 Å². The van der Waals surface area contributed by atoms with E-state index in [2.05, 4.69) is 37.4 Å². The van der Waals surface area contributed by atoms with Crippen molar-refractivity contribution in [2.45, 2.75) is 32.6 Å². The molecule has 2 N–H and O–H groups in total. The number of anilines is 1. The van der Waals surface area contributed by atoms with Crippen molar-refractivity contribution < 1.29 is 4.79 Å². The summed E-state index contributed by atoms with van der Waals surface area (Å²) < 4.78 is 3.30. The topological polar surface area (TPSA) is 100 Å². The molecule has 0 bridgehead atoms. The van der Waals surface area contributed by atoms with Crippen LogP contribution in [0.15, 0.2) is 71.9 Å². The molecule has 1 fully saturated rings. The number of likely N-dealkylation sites (N-methyl/N-ethyl adjacent to an activating group) is 1. The monoisotopic (exact) mass is 538 g/mol. The van der Waals surface area contributed by atoms with Gasteiger partial charge in [0, 0.05) is 69.3 Å². The lowest BCUT2D eigenvalue weighted by Gasteiger charge is -2.34. The minimum atomic E-state index is -0.289. The number of fused-ring (bicyclic) bond motifs is 1. The molecule has 10 nitrogen and oxygen atoms in total. The third kappa shape index (κ3) is 5.03. The van der Waals surface area contributed by atoms with E-state index >= 15 is 0 Å². The third-order valence-corrected chi connectivity index (χ3v) is 7.83. The van der Waals surface area contributed by atoms with E-state index in [4.69, 9.17) is 0 Å². The van der Waals surface area contributed by atoms with Crippen molar-refractivity contribution in [1.82, 2.24) is 34.6 Å². The van der Waals surface area contributed by atoms with Crippen LogP contribution in [0, 0.1) is 0 Å². The summed E-state index contributed by atoms with van der Waals surface area (Å²) in [6.45, 7) is 7.26. The highest BCUT2D eigenvalue weighted by atomic mass is 16.2. The van der Waals surface area contributed by atoms with Crippen molar-refractivity contribution in [3.63, 3.8) is 0 Å². The highest BCUT2D eigenvalue weighted by Crippen LogP contribution is 2.24. The normalized spacial score (nSPS) is 17.4. The van der Waals surface area contributed by atoms with Crippen LogP contribution in [0.1, 0.15) is 28.7 Å². The molecule has 1 amide bonds. The first kappa shape index (κ1) is 26.0. The Labute approximate surface area is 233 Å². The molecule has 2 aliphatic rings. The number of hydrogen-bond acceptors (Lipinski definition) is 7. The molecule has 6 rings (SSSR count). The lowest BCUT2D eigenvalue weighted by Crippen LogP contribution is -2.44. The number of piperazine rings is 1. The number of carbonyl (C=O) groups excluding carboxylic acids is 1. The molecule has 0 spiro atoms. The van der Waals surface area contributed by atoms with Crippen LogP contribution in [0.4, 0.5) is 5.69 Å². The van der Waals surface area contributed by atoms with Crippen LogP contribution in [0.5, 0.6) is 0 Å². The Hall–Kier alpha value is -4.28. The first-order valence-corrected chi connectivity index (χ1v) is 13.7. The van der Waals surface area contributed by atoms with E-state index in [0.717, 1.165) is 48.7 Å². The number of amides is 1. The molecule has 4 heterocycles. The van der Waals surface area contributed by atoms with Gasteiger partial charge in [0.15, 0.2) is 0 Å². The van der Waals surface area contributed by atoms with E-state index in [1.54, 1.807) is 15.3 Å². The van der Waals surface area contributed by atoms with Crippen molar-refractivity contribution in [2.24, 2.45) is 0 Å². The molecular weight excluding hydrogens is 504 g/mol. The molecule has 4 aromatic rings. The van der Waals surface area contributed by atoms with Crippen molar-refractivity contribution in [3.05, 3.63) is 94.6 Å². The first-order valence-electron chi connectivity index (χ1n) is 13.7. The maximum Gasteiger partial charge on any atom is 0.333 e. The van der Waals surface area contributed by atoms with E-state index in [1.165, 1.54) is 6.33 Å². The molecule has 2 aliphatic heterocycles. The largest absolute Gasteiger partial charge is 0.369 e. The second-order valence-corrected chi connectivity index (χ2v) is 10.5. The summed E-state index contributed by atoms with van der Waals surface area (Å²) in [4.78, 5) is 40.6.